The number of fused-ring (bicyclic) bond motifs is 1. The van der Waals surface area contributed by atoms with E-state index in [9.17, 15) is 14.7 Å². The SMILES string of the molecule is CCCC[C@H](O)[C@@]12NC(=O)[C@H](CCCl)[C@]1(C)OC2=O. The van der Waals surface area contributed by atoms with Gasteiger partial charge in [-0.25, -0.2) is 4.79 Å². The van der Waals surface area contributed by atoms with Crippen molar-refractivity contribution in [1.29, 1.82) is 0 Å². The van der Waals surface area contributed by atoms with E-state index in [0.29, 0.717) is 18.7 Å². The molecule has 0 aromatic carbocycles. The number of esters is 1. The average Bonchev–Trinajstić information content (AvgIpc) is 2.54. The van der Waals surface area contributed by atoms with Gasteiger partial charge in [-0.15, -0.1) is 11.6 Å². The van der Waals surface area contributed by atoms with Gasteiger partial charge in [-0.05, 0) is 19.8 Å². The summed E-state index contributed by atoms with van der Waals surface area (Å²) in [6, 6.07) is 0. The minimum Gasteiger partial charge on any atom is -0.453 e. The van der Waals surface area contributed by atoms with Gasteiger partial charge in [0, 0.05) is 5.88 Å². The minimum absolute atomic E-state index is 0.260. The summed E-state index contributed by atoms with van der Waals surface area (Å²) in [5.74, 6) is -0.973. The lowest BCUT2D eigenvalue weighted by atomic mass is 9.67. The summed E-state index contributed by atoms with van der Waals surface area (Å²) in [6.45, 7) is 3.71. The molecule has 2 rings (SSSR count). The molecule has 108 valence electrons. The second-order valence-electron chi connectivity index (χ2n) is 5.48. The zero-order chi connectivity index (χ0) is 14.3. The highest BCUT2D eigenvalue weighted by molar-refractivity contribution is 6.18. The first kappa shape index (κ1) is 14.6. The fraction of sp³-hybridized carbons (Fsp3) is 0.846. The lowest BCUT2D eigenvalue weighted by Gasteiger charge is -2.53. The number of amides is 1. The molecular formula is C13H20ClNO4. The number of rotatable bonds is 6. The molecule has 2 heterocycles. The van der Waals surface area contributed by atoms with E-state index in [-0.39, 0.29) is 5.91 Å². The molecule has 1 amide bonds. The number of carbonyl (C=O) groups is 2. The summed E-state index contributed by atoms with van der Waals surface area (Å²) in [5.41, 5.74) is -2.26. The molecule has 0 aliphatic carbocycles. The van der Waals surface area contributed by atoms with Crippen LogP contribution in [0.15, 0.2) is 0 Å². The van der Waals surface area contributed by atoms with Crippen LogP contribution < -0.4 is 5.32 Å². The van der Waals surface area contributed by atoms with E-state index in [1.807, 2.05) is 6.92 Å². The van der Waals surface area contributed by atoms with Crippen molar-refractivity contribution in [2.24, 2.45) is 5.92 Å². The van der Waals surface area contributed by atoms with Gasteiger partial charge in [0.15, 0.2) is 5.60 Å². The Morgan fingerprint density at radius 1 is 1.53 bits per heavy atom. The predicted molar refractivity (Wildman–Crippen MR) is 69.7 cm³/mol. The summed E-state index contributed by atoms with van der Waals surface area (Å²) < 4.78 is 5.25. The fourth-order valence-electron chi connectivity index (χ4n) is 3.24. The number of ether oxygens (including phenoxy) is 1. The van der Waals surface area contributed by atoms with Gasteiger partial charge in [0.05, 0.1) is 12.0 Å². The Bertz CT molecular complexity index is 402. The molecule has 19 heavy (non-hydrogen) atoms. The fourth-order valence-corrected chi connectivity index (χ4v) is 3.46. The first-order valence-electron chi connectivity index (χ1n) is 6.73. The van der Waals surface area contributed by atoms with Crippen molar-refractivity contribution in [2.75, 3.05) is 5.88 Å². The van der Waals surface area contributed by atoms with Gasteiger partial charge in [-0.3, -0.25) is 4.79 Å². The van der Waals surface area contributed by atoms with Crippen LogP contribution >= 0.6 is 11.6 Å². The number of unbranched alkanes of at least 4 members (excludes halogenated alkanes) is 1. The van der Waals surface area contributed by atoms with Gasteiger partial charge in [0.25, 0.3) is 0 Å². The summed E-state index contributed by atoms with van der Waals surface area (Å²) in [6.07, 6.45) is 1.69. The van der Waals surface area contributed by atoms with Crippen LogP contribution in [0.25, 0.3) is 0 Å². The maximum atomic E-state index is 12.0. The van der Waals surface area contributed by atoms with E-state index in [0.717, 1.165) is 12.8 Å². The molecule has 6 heteroatoms. The first-order valence-corrected chi connectivity index (χ1v) is 7.27. The van der Waals surface area contributed by atoms with Crippen molar-refractivity contribution >= 4 is 23.5 Å². The van der Waals surface area contributed by atoms with E-state index >= 15 is 0 Å². The third-order valence-corrected chi connectivity index (χ3v) is 4.66. The Hall–Kier alpha value is -0.810. The van der Waals surface area contributed by atoms with Gasteiger partial charge in [-0.1, -0.05) is 19.8 Å². The predicted octanol–water partition coefficient (Wildman–Crippen LogP) is 0.967. The number of alkyl halides is 1. The highest BCUT2D eigenvalue weighted by atomic mass is 35.5. The standard InChI is InChI=1S/C13H20ClNO4/c1-3-4-5-9(16)13-11(18)19-12(13,2)8(6-7-14)10(17)15-13/h8-9,16H,3-7H2,1-2H3,(H,15,17)/t8-,9-,12-,13-/m0/s1. The average molecular weight is 290 g/mol. The van der Waals surface area contributed by atoms with Gasteiger partial charge in [-0.2, -0.15) is 0 Å². The van der Waals surface area contributed by atoms with Gasteiger partial charge in [0.2, 0.25) is 11.4 Å². The maximum absolute atomic E-state index is 12.0. The first-order chi connectivity index (χ1) is 8.94. The number of carbonyl (C=O) groups excluding carboxylic acids is 2. The number of aliphatic hydroxyl groups excluding tert-OH is 1. The van der Waals surface area contributed by atoms with Crippen LogP contribution in [-0.2, 0) is 14.3 Å². The van der Waals surface area contributed by atoms with Crippen molar-refractivity contribution in [1.82, 2.24) is 5.32 Å². The van der Waals surface area contributed by atoms with Gasteiger partial charge >= 0.3 is 5.97 Å². The van der Waals surface area contributed by atoms with E-state index in [2.05, 4.69) is 5.32 Å². The molecule has 0 spiro atoms. The number of hydrogen-bond acceptors (Lipinski definition) is 4. The van der Waals surface area contributed by atoms with Gasteiger partial charge < -0.3 is 15.2 Å². The van der Waals surface area contributed by atoms with Crippen LogP contribution in [0.1, 0.15) is 39.5 Å². The quantitative estimate of drug-likeness (QED) is 0.564. The smallest absolute Gasteiger partial charge is 0.339 e. The van der Waals surface area contributed by atoms with E-state index < -0.39 is 29.1 Å². The Balaban J connectivity index is 2.27. The lowest BCUT2D eigenvalue weighted by Crippen LogP contribution is -2.79. The van der Waals surface area contributed by atoms with Crippen LogP contribution in [0, 0.1) is 5.92 Å². The van der Waals surface area contributed by atoms with Crippen molar-refractivity contribution < 1.29 is 19.4 Å². The zero-order valence-electron chi connectivity index (χ0n) is 11.2. The Morgan fingerprint density at radius 2 is 2.21 bits per heavy atom. The summed E-state index contributed by atoms with van der Waals surface area (Å²) in [7, 11) is 0. The number of halogens is 1. The Morgan fingerprint density at radius 3 is 2.74 bits per heavy atom. The molecule has 0 saturated carbocycles. The van der Waals surface area contributed by atoms with E-state index in [1.54, 1.807) is 6.92 Å². The summed E-state index contributed by atoms with van der Waals surface area (Å²) >= 11 is 5.71. The zero-order valence-corrected chi connectivity index (χ0v) is 12.0. The summed E-state index contributed by atoms with van der Waals surface area (Å²) in [5, 5.41) is 13.0. The molecule has 2 aliphatic rings. The number of nitrogens with one attached hydrogen (secondary N) is 1. The molecule has 0 radical (unpaired) electrons. The highest BCUT2D eigenvalue weighted by Crippen LogP contribution is 2.52. The number of hydrogen-bond donors (Lipinski definition) is 2. The normalized spacial score (nSPS) is 38.2. The molecule has 2 N–H and O–H groups in total. The monoisotopic (exact) mass is 289 g/mol. The molecule has 0 aromatic heterocycles. The van der Waals surface area contributed by atoms with Crippen molar-refractivity contribution in [3.05, 3.63) is 0 Å². The molecule has 2 fully saturated rings. The third kappa shape index (κ3) is 1.78. The topological polar surface area (TPSA) is 75.6 Å². The molecule has 0 bridgehead atoms. The van der Waals surface area contributed by atoms with Crippen LogP contribution in [0.5, 0.6) is 0 Å². The minimum atomic E-state index is -1.28. The van der Waals surface area contributed by atoms with Crippen LogP contribution in [0.4, 0.5) is 0 Å². The van der Waals surface area contributed by atoms with Crippen molar-refractivity contribution in [3.63, 3.8) is 0 Å². The van der Waals surface area contributed by atoms with E-state index in [4.69, 9.17) is 16.3 Å². The molecule has 0 unspecified atom stereocenters. The van der Waals surface area contributed by atoms with Crippen LogP contribution in [0.2, 0.25) is 0 Å². The molecule has 0 aromatic rings. The molecule has 4 atom stereocenters. The molecule has 2 aliphatic heterocycles. The van der Waals surface area contributed by atoms with Crippen LogP contribution in [0.3, 0.4) is 0 Å². The Kier molecular flexibility index (Phi) is 3.80. The summed E-state index contributed by atoms with van der Waals surface area (Å²) in [4.78, 5) is 24.0. The van der Waals surface area contributed by atoms with E-state index in [1.165, 1.54) is 0 Å². The maximum Gasteiger partial charge on any atom is 0.339 e. The largest absolute Gasteiger partial charge is 0.453 e. The second kappa shape index (κ2) is 4.94. The van der Waals surface area contributed by atoms with Crippen molar-refractivity contribution in [2.45, 2.75) is 56.8 Å². The number of aliphatic hydroxyl groups is 1. The Labute approximate surface area is 117 Å². The second-order valence-corrected chi connectivity index (χ2v) is 5.86. The molecule has 5 nitrogen and oxygen atoms in total. The molecule has 2 saturated heterocycles. The van der Waals surface area contributed by atoms with Gasteiger partial charge in [0.1, 0.15) is 0 Å². The van der Waals surface area contributed by atoms with Crippen molar-refractivity contribution in [3.8, 4) is 0 Å². The molecular weight excluding hydrogens is 270 g/mol. The van der Waals surface area contributed by atoms with Crippen LogP contribution in [-0.4, -0.2) is 40.1 Å². The third-order valence-electron chi connectivity index (χ3n) is 4.44. The lowest BCUT2D eigenvalue weighted by molar-refractivity contribution is -0.235. The highest BCUT2D eigenvalue weighted by Gasteiger charge is 2.78.